The normalized spacial score (nSPS) is 29.3. The third-order valence-electron chi connectivity index (χ3n) is 5.49. The summed E-state index contributed by atoms with van der Waals surface area (Å²) in [7, 11) is 0. The molecule has 0 spiro atoms. The van der Waals surface area contributed by atoms with Gasteiger partial charge >= 0.3 is 0 Å². The van der Waals surface area contributed by atoms with Crippen LogP contribution in [0.5, 0.6) is 0 Å². The van der Waals surface area contributed by atoms with Crippen molar-refractivity contribution in [2.24, 2.45) is 11.8 Å². The van der Waals surface area contributed by atoms with Gasteiger partial charge in [0.2, 0.25) is 5.91 Å². The van der Waals surface area contributed by atoms with Crippen LogP contribution in [-0.2, 0) is 4.79 Å². The number of nitriles is 1. The van der Waals surface area contributed by atoms with Gasteiger partial charge in [-0.05, 0) is 51.0 Å². The van der Waals surface area contributed by atoms with Crippen LogP contribution >= 0.6 is 0 Å². The summed E-state index contributed by atoms with van der Waals surface area (Å²) < 4.78 is 0. The highest BCUT2D eigenvalue weighted by Crippen LogP contribution is 2.35. The fraction of sp³-hybridized carbons (Fsp3) is 0.882. The van der Waals surface area contributed by atoms with E-state index in [0.717, 1.165) is 12.5 Å². The number of piperidine rings is 1. The summed E-state index contributed by atoms with van der Waals surface area (Å²) >= 11 is 0. The number of nitrogens with one attached hydrogen (secondary N) is 1. The molecule has 3 atom stereocenters. The average Bonchev–Trinajstić information content (AvgIpc) is 2.47. The highest BCUT2D eigenvalue weighted by atomic mass is 16.2. The van der Waals surface area contributed by atoms with E-state index in [0.29, 0.717) is 12.6 Å². The Hall–Kier alpha value is -1.08. The van der Waals surface area contributed by atoms with Gasteiger partial charge in [-0.15, -0.1) is 0 Å². The predicted octanol–water partition coefficient (Wildman–Crippen LogP) is 2.70. The molecule has 0 aromatic rings. The first-order valence-corrected chi connectivity index (χ1v) is 8.42. The maximum atomic E-state index is 12.4. The van der Waals surface area contributed by atoms with Crippen LogP contribution in [0, 0.1) is 23.2 Å². The Bertz CT molecular complexity index is 413. The molecule has 0 radical (unpaired) electrons. The summed E-state index contributed by atoms with van der Waals surface area (Å²) in [6.45, 7) is 7.24. The number of rotatable bonds is 4. The Kier molecular flexibility index (Phi) is 5.27. The molecule has 0 aromatic carbocycles. The topological polar surface area (TPSA) is 56.1 Å². The number of carbonyl (C=O) groups is 1. The zero-order chi connectivity index (χ0) is 15.5. The van der Waals surface area contributed by atoms with Crippen molar-refractivity contribution in [2.75, 3.05) is 13.1 Å². The first kappa shape index (κ1) is 16.3. The minimum absolute atomic E-state index is 0.000950. The Labute approximate surface area is 128 Å². The Morgan fingerprint density at radius 2 is 2.00 bits per heavy atom. The molecule has 2 fully saturated rings. The molecule has 1 heterocycles. The van der Waals surface area contributed by atoms with Gasteiger partial charge in [-0.1, -0.05) is 26.7 Å². The van der Waals surface area contributed by atoms with E-state index in [2.05, 4.69) is 16.3 Å². The van der Waals surface area contributed by atoms with Crippen molar-refractivity contribution in [1.29, 1.82) is 5.26 Å². The zero-order valence-corrected chi connectivity index (χ0v) is 13.7. The number of likely N-dealkylation sites (tertiary alicyclic amines) is 1. The molecule has 1 aliphatic carbocycles. The number of hydrogen-bond donors (Lipinski definition) is 1. The standard InChI is InChI=1S/C17H29N3O/c1-13(2)17(3,12-18)19-16(21)11-20-10-6-8-14-7-4-5-9-15(14)20/h13-15H,4-11H2,1-3H3,(H,19,21)/t14-,15+,17-/m1/s1. The lowest BCUT2D eigenvalue weighted by Gasteiger charge is -2.44. The smallest absolute Gasteiger partial charge is 0.235 e. The second-order valence-electron chi connectivity index (χ2n) is 7.24. The van der Waals surface area contributed by atoms with Crippen LogP contribution in [0.25, 0.3) is 0 Å². The van der Waals surface area contributed by atoms with Crippen molar-refractivity contribution in [3.8, 4) is 6.07 Å². The number of nitrogens with zero attached hydrogens (tertiary/aromatic N) is 2. The SMILES string of the molecule is CC(C)[C@@](C)(C#N)NC(=O)CN1CCC[C@H]2CCCC[C@@H]21. The number of amides is 1. The van der Waals surface area contributed by atoms with Crippen molar-refractivity contribution in [3.63, 3.8) is 0 Å². The maximum Gasteiger partial charge on any atom is 0.235 e. The molecule has 2 aliphatic rings. The van der Waals surface area contributed by atoms with E-state index in [1.165, 1.54) is 38.5 Å². The van der Waals surface area contributed by atoms with Gasteiger partial charge in [0.25, 0.3) is 0 Å². The number of fused-ring (bicyclic) bond motifs is 1. The molecule has 4 nitrogen and oxygen atoms in total. The van der Waals surface area contributed by atoms with Gasteiger partial charge in [0.15, 0.2) is 0 Å². The molecule has 1 saturated heterocycles. The van der Waals surface area contributed by atoms with E-state index in [4.69, 9.17) is 0 Å². The Morgan fingerprint density at radius 3 is 2.67 bits per heavy atom. The van der Waals surface area contributed by atoms with Gasteiger partial charge in [-0.25, -0.2) is 0 Å². The lowest BCUT2D eigenvalue weighted by Crippen LogP contribution is -2.55. The van der Waals surface area contributed by atoms with E-state index in [1.807, 2.05) is 20.8 Å². The van der Waals surface area contributed by atoms with Crippen LogP contribution in [0.2, 0.25) is 0 Å². The van der Waals surface area contributed by atoms with Gasteiger partial charge in [0.1, 0.15) is 5.54 Å². The lowest BCUT2D eigenvalue weighted by atomic mass is 9.78. The molecular formula is C17H29N3O. The number of carbonyl (C=O) groups excluding carboxylic acids is 1. The van der Waals surface area contributed by atoms with Gasteiger partial charge < -0.3 is 5.32 Å². The molecule has 1 N–H and O–H groups in total. The van der Waals surface area contributed by atoms with Crippen molar-refractivity contribution < 1.29 is 4.79 Å². The largest absolute Gasteiger partial charge is 0.337 e. The second-order valence-corrected chi connectivity index (χ2v) is 7.24. The molecule has 118 valence electrons. The molecule has 2 rings (SSSR count). The van der Waals surface area contributed by atoms with Crippen molar-refractivity contribution in [1.82, 2.24) is 10.2 Å². The molecule has 0 bridgehead atoms. The highest BCUT2D eigenvalue weighted by molar-refractivity contribution is 5.79. The van der Waals surface area contributed by atoms with Crippen molar-refractivity contribution >= 4 is 5.91 Å². The Balaban J connectivity index is 1.94. The van der Waals surface area contributed by atoms with Gasteiger partial charge in [0, 0.05) is 6.04 Å². The summed E-state index contributed by atoms with van der Waals surface area (Å²) in [6.07, 6.45) is 7.73. The third kappa shape index (κ3) is 3.77. The van der Waals surface area contributed by atoms with Crippen LogP contribution in [0.1, 0.15) is 59.3 Å². The predicted molar refractivity (Wildman–Crippen MR) is 83.6 cm³/mol. The minimum Gasteiger partial charge on any atom is -0.337 e. The summed E-state index contributed by atoms with van der Waals surface area (Å²) in [4.78, 5) is 14.7. The summed E-state index contributed by atoms with van der Waals surface area (Å²) in [5.41, 5.74) is -0.765. The van der Waals surface area contributed by atoms with Crippen LogP contribution in [0.3, 0.4) is 0 Å². The lowest BCUT2D eigenvalue weighted by molar-refractivity contribution is -0.125. The summed E-state index contributed by atoms with van der Waals surface area (Å²) in [5.74, 6) is 0.891. The van der Waals surface area contributed by atoms with Crippen LogP contribution < -0.4 is 5.32 Å². The van der Waals surface area contributed by atoms with Crippen LogP contribution in [0.15, 0.2) is 0 Å². The van der Waals surface area contributed by atoms with Crippen molar-refractivity contribution in [2.45, 2.75) is 70.9 Å². The first-order valence-electron chi connectivity index (χ1n) is 8.42. The number of hydrogen-bond acceptors (Lipinski definition) is 3. The van der Waals surface area contributed by atoms with Crippen LogP contribution in [0.4, 0.5) is 0 Å². The molecule has 0 unspecified atom stereocenters. The van der Waals surface area contributed by atoms with E-state index >= 15 is 0 Å². The summed E-state index contributed by atoms with van der Waals surface area (Å²) in [6, 6.07) is 2.84. The minimum atomic E-state index is -0.765. The molecule has 4 heteroatoms. The van der Waals surface area contributed by atoms with E-state index in [-0.39, 0.29) is 11.8 Å². The second kappa shape index (κ2) is 6.79. The zero-order valence-electron chi connectivity index (χ0n) is 13.7. The fourth-order valence-electron chi connectivity index (χ4n) is 3.74. The molecule has 1 saturated carbocycles. The summed E-state index contributed by atoms with van der Waals surface area (Å²) in [5, 5.41) is 12.3. The fourth-order valence-corrected chi connectivity index (χ4v) is 3.74. The molecule has 1 aliphatic heterocycles. The first-order chi connectivity index (χ1) is 9.96. The average molecular weight is 291 g/mol. The van der Waals surface area contributed by atoms with E-state index < -0.39 is 5.54 Å². The molecule has 1 amide bonds. The van der Waals surface area contributed by atoms with Gasteiger partial charge in [-0.2, -0.15) is 5.26 Å². The highest BCUT2D eigenvalue weighted by Gasteiger charge is 2.35. The van der Waals surface area contributed by atoms with Crippen LogP contribution in [-0.4, -0.2) is 35.5 Å². The van der Waals surface area contributed by atoms with E-state index in [1.54, 1.807) is 0 Å². The van der Waals surface area contributed by atoms with E-state index in [9.17, 15) is 10.1 Å². The maximum absolute atomic E-state index is 12.4. The molecule has 21 heavy (non-hydrogen) atoms. The van der Waals surface area contributed by atoms with Gasteiger partial charge in [-0.3, -0.25) is 9.69 Å². The Morgan fingerprint density at radius 1 is 1.33 bits per heavy atom. The van der Waals surface area contributed by atoms with Crippen molar-refractivity contribution in [3.05, 3.63) is 0 Å². The van der Waals surface area contributed by atoms with Gasteiger partial charge in [0.05, 0.1) is 12.6 Å². The quantitative estimate of drug-likeness (QED) is 0.866. The molecular weight excluding hydrogens is 262 g/mol. The molecule has 0 aromatic heterocycles. The third-order valence-corrected chi connectivity index (χ3v) is 5.49. The monoisotopic (exact) mass is 291 g/mol.